The van der Waals surface area contributed by atoms with Gasteiger partial charge in [-0.05, 0) is 61.5 Å². The van der Waals surface area contributed by atoms with E-state index in [1.165, 1.54) is 12.1 Å². The van der Waals surface area contributed by atoms with Crippen LogP contribution in [0.15, 0.2) is 42.5 Å². The van der Waals surface area contributed by atoms with Crippen molar-refractivity contribution in [2.45, 2.75) is 13.8 Å². The SMILES string of the molecule is Cc1ccc(C)c(NC(=S)Nc2cccc(F)c2)c1. The first-order valence-corrected chi connectivity index (χ1v) is 6.36. The normalized spacial score (nSPS) is 10.1. The van der Waals surface area contributed by atoms with Gasteiger partial charge in [0.1, 0.15) is 5.82 Å². The molecule has 0 spiro atoms. The minimum atomic E-state index is -0.292. The number of thiocarbonyl (C=S) groups is 1. The number of hydrogen-bond donors (Lipinski definition) is 2. The van der Waals surface area contributed by atoms with Gasteiger partial charge in [-0.1, -0.05) is 18.2 Å². The summed E-state index contributed by atoms with van der Waals surface area (Å²) in [5.74, 6) is -0.292. The molecule has 0 unspecified atom stereocenters. The predicted octanol–water partition coefficient (Wildman–Crippen LogP) is 4.25. The van der Waals surface area contributed by atoms with Crippen LogP contribution in [-0.4, -0.2) is 5.11 Å². The van der Waals surface area contributed by atoms with Gasteiger partial charge < -0.3 is 10.6 Å². The fraction of sp³-hybridized carbons (Fsp3) is 0.133. The zero-order valence-corrected chi connectivity index (χ0v) is 11.6. The van der Waals surface area contributed by atoms with Crippen molar-refractivity contribution < 1.29 is 4.39 Å². The maximum Gasteiger partial charge on any atom is 0.175 e. The van der Waals surface area contributed by atoms with Crippen molar-refractivity contribution in [2.75, 3.05) is 10.6 Å². The second-order valence-corrected chi connectivity index (χ2v) is 4.82. The molecule has 0 saturated carbocycles. The third kappa shape index (κ3) is 3.76. The van der Waals surface area contributed by atoms with E-state index >= 15 is 0 Å². The molecule has 0 radical (unpaired) electrons. The summed E-state index contributed by atoms with van der Waals surface area (Å²) in [6.45, 7) is 4.03. The van der Waals surface area contributed by atoms with E-state index in [4.69, 9.17) is 12.2 Å². The monoisotopic (exact) mass is 274 g/mol. The second-order valence-electron chi connectivity index (χ2n) is 4.41. The van der Waals surface area contributed by atoms with Crippen LogP contribution in [0.4, 0.5) is 15.8 Å². The van der Waals surface area contributed by atoms with Crippen LogP contribution in [-0.2, 0) is 0 Å². The van der Waals surface area contributed by atoms with Crippen LogP contribution in [0, 0.1) is 19.7 Å². The Balaban J connectivity index is 2.07. The quantitative estimate of drug-likeness (QED) is 0.800. The molecule has 0 atom stereocenters. The third-order valence-electron chi connectivity index (χ3n) is 2.72. The predicted molar refractivity (Wildman–Crippen MR) is 82.2 cm³/mol. The zero-order chi connectivity index (χ0) is 13.8. The molecule has 0 aliphatic carbocycles. The van der Waals surface area contributed by atoms with Crippen molar-refractivity contribution >= 4 is 28.7 Å². The second kappa shape index (κ2) is 5.80. The van der Waals surface area contributed by atoms with Gasteiger partial charge in [0.05, 0.1) is 0 Å². The number of hydrogen-bond acceptors (Lipinski definition) is 1. The maximum absolute atomic E-state index is 13.1. The Morgan fingerprint density at radius 2 is 1.84 bits per heavy atom. The molecular formula is C15H15FN2S. The molecule has 2 rings (SSSR count). The average Bonchev–Trinajstić information content (AvgIpc) is 2.34. The first-order chi connectivity index (χ1) is 9.04. The fourth-order valence-corrected chi connectivity index (χ4v) is 1.95. The van der Waals surface area contributed by atoms with Crippen molar-refractivity contribution in [2.24, 2.45) is 0 Å². The molecule has 2 N–H and O–H groups in total. The highest BCUT2D eigenvalue weighted by atomic mass is 32.1. The molecule has 2 aromatic rings. The topological polar surface area (TPSA) is 24.1 Å². The molecule has 4 heteroatoms. The molecule has 2 aromatic carbocycles. The van der Waals surface area contributed by atoms with E-state index in [2.05, 4.69) is 10.6 Å². The van der Waals surface area contributed by atoms with Crippen molar-refractivity contribution in [1.82, 2.24) is 0 Å². The number of halogens is 1. The number of nitrogens with one attached hydrogen (secondary N) is 2. The van der Waals surface area contributed by atoms with E-state index in [0.717, 1.165) is 16.8 Å². The highest BCUT2D eigenvalue weighted by Crippen LogP contribution is 2.17. The van der Waals surface area contributed by atoms with Crippen LogP contribution < -0.4 is 10.6 Å². The van der Waals surface area contributed by atoms with E-state index in [9.17, 15) is 4.39 Å². The lowest BCUT2D eigenvalue weighted by atomic mass is 10.1. The van der Waals surface area contributed by atoms with Gasteiger partial charge in [0.15, 0.2) is 5.11 Å². The lowest BCUT2D eigenvalue weighted by Crippen LogP contribution is -2.19. The molecule has 19 heavy (non-hydrogen) atoms. The van der Waals surface area contributed by atoms with Crippen LogP contribution in [0.3, 0.4) is 0 Å². The van der Waals surface area contributed by atoms with Gasteiger partial charge in [-0.25, -0.2) is 4.39 Å². The summed E-state index contributed by atoms with van der Waals surface area (Å²) in [6, 6.07) is 12.3. The molecular weight excluding hydrogens is 259 g/mol. The minimum absolute atomic E-state index is 0.292. The van der Waals surface area contributed by atoms with Gasteiger partial charge in [0.25, 0.3) is 0 Å². The minimum Gasteiger partial charge on any atom is -0.332 e. The Bertz CT molecular complexity index is 611. The molecule has 98 valence electrons. The molecule has 0 aliphatic rings. The molecule has 0 heterocycles. The maximum atomic E-state index is 13.1. The van der Waals surface area contributed by atoms with Gasteiger partial charge in [-0.2, -0.15) is 0 Å². The largest absolute Gasteiger partial charge is 0.332 e. The van der Waals surface area contributed by atoms with E-state index in [1.807, 2.05) is 32.0 Å². The summed E-state index contributed by atoms with van der Waals surface area (Å²) in [7, 11) is 0. The average molecular weight is 274 g/mol. The van der Waals surface area contributed by atoms with Crippen LogP contribution in [0.2, 0.25) is 0 Å². The lowest BCUT2D eigenvalue weighted by Gasteiger charge is -2.13. The van der Waals surface area contributed by atoms with Crippen molar-refractivity contribution in [3.8, 4) is 0 Å². The van der Waals surface area contributed by atoms with Gasteiger partial charge in [-0.15, -0.1) is 0 Å². The van der Waals surface area contributed by atoms with Gasteiger partial charge in [-0.3, -0.25) is 0 Å². The Hall–Kier alpha value is -1.94. The smallest absolute Gasteiger partial charge is 0.175 e. The zero-order valence-electron chi connectivity index (χ0n) is 10.8. The lowest BCUT2D eigenvalue weighted by molar-refractivity contribution is 0.628. The number of rotatable bonds is 2. The summed E-state index contributed by atoms with van der Waals surface area (Å²) in [4.78, 5) is 0. The summed E-state index contributed by atoms with van der Waals surface area (Å²) in [5.41, 5.74) is 3.84. The Kier molecular flexibility index (Phi) is 4.12. The molecule has 0 fully saturated rings. The van der Waals surface area contributed by atoms with Crippen LogP contribution in [0.1, 0.15) is 11.1 Å². The van der Waals surface area contributed by atoms with Crippen LogP contribution >= 0.6 is 12.2 Å². The first kappa shape index (κ1) is 13.5. The third-order valence-corrected chi connectivity index (χ3v) is 2.93. The van der Waals surface area contributed by atoms with E-state index in [0.29, 0.717) is 10.8 Å². The molecule has 2 nitrogen and oxygen atoms in total. The van der Waals surface area contributed by atoms with Crippen molar-refractivity contribution in [1.29, 1.82) is 0 Å². The Morgan fingerprint density at radius 1 is 1.05 bits per heavy atom. The summed E-state index contributed by atoms with van der Waals surface area (Å²) in [5, 5.41) is 6.52. The van der Waals surface area contributed by atoms with Crippen molar-refractivity contribution in [3.63, 3.8) is 0 Å². The standard InChI is InChI=1S/C15H15FN2S/c1-10-6-7-11(2)14(8-10)18-15(19)17-13-5-3-4-12(16)9-13/h3-9H,1-2H3,(H2,17,18,19). The van der Waals surface area contributed by atoms with Crippen LogP contribution in [0.25, 0.3) is 0 Å². The summed E-state index contributed by atoms with van der Waals surface area (Å²) >= 11 is 5.22. The Labute approximate surface area is 117 Å². The highest BCUT2D eigenvalue weighted by molar-refractivity contribution is 7.80. The fourth-order valence-electron chi connectivity index (χ4n) is 1.72. The Morgan fingerprint density at radius 3 is 2.58 bits per heavy atom. The summed E-state index contributed by atoms with van der Waals surface area (Å²) in [6.07, 6.45) is 0. The number of anilines is 2. The van der Waals surface area contributed by atoms with Gasteiger partial charge in [0.2, 0.25) is 0 Å². The summed E-state index contributed by atoms with van der Waals surface area (Å²) < 4.78 is 13.1. The van der Waals surface area contributed by atoms with Crippen molar-refractivity contribution in [3.05, 3.63) is 59.4 Å². The van der Waals surface area contributed by atoms with Crippen LogP contribution in [0.5, 0.6) is 0 Å². The number of aryl methyl sites for hydroxylation is 2. The molecule has 0 aliphatic heterocycles. The molecule has 0 amide bonds. The first-order valence-electron chi connectivity index (χ1n) is 5.95. The van der Waals surface area contributed by atoms with E-state index in [-0.39, 0.29) is 5.82 Å². The molecule has 0 aromatic heterocycles. The number of benzene rings is 2. The molecule has 0 bridgehead atoms. The van der Waals surface area contributed by atoms with E-state index < -0.39 is 0 Å². The van der Waals surface area contributed by atoms with Gasteiger partial charge in [0, 0.05) is 11.4 Å². The van der Waals surface area contributed by atoms with E-state index in [1.54, 1.807) is 12.1 Å². The highest BCUT2D eigenvalue weighted by Gasteiger charge is 2.02. The van der Waals surface area contributed by atoms with Gasteiger partial charge >= 0.3 is 0 Å². The molecule has 0 saturated heterocycles.